The summed E-state index contributed by atoms with van der Waals surface area (Å²) in [5.41, 5.74) is 0.925. The topological polar surface area (TPSA) is 72.5 Å². The number of hydrogen-bond donors (Lipinski definition) is 1. The third-order valence-electron chi connectivity index (χ3n) is 3.78. The molecule has 27 heavy (non-hydrogen) atoms. The van der Waals surface area contributed by atoms with E-state index in [2.05, 4.69) is 5.32 Å². The van der Waals surface area contributed by atoms with Gasteiger partial charge >= 0.3 is 5.97 Å². The van der Waals surface area contributed by atoms with E-state index in [4.69, 9.17) is 4.74 Å². The van der Waals surface area contributed by atoms with E-state index in [9.17, 15) is 23.2 Å². The third kappa shape index (κ3) is 6.29. The summed E-state index contributed by atoms with van der Waals surface area (Å²) in [6.45, 7) is 1.49. The maximum atomic E-state index is 13.5. The predicted molar refractivity (Wildman–Crippen MR) is 94.4 cm³/mol. The van der Waals surface area contributed by atoms with E-state index in [0.717, 1.165) is 30.5 Å². The number of rotatable bonds is 8. The summed E-state index contributed by atoms with van der Waals surface area (Å²) in [4.78, 5) is 34.7. The lowest BCUT2D eigenvalue weighted by atomic mass is 10.1. The van der Waals surface area contributed by atoms with Gasteiger partial charge in [0.1, 0.15) is 11.6 Å². The van der Waals surface area contributed by atoms with E-state index in [-0.39, 0.29) is 5.91 Å². The number of carbonyl (C=O) groups is 3. The number of benzene rings is 2. The van der Waals surface area contributed by atoms with Crippen molar-refractivity contribution in [2.75, 3.05) is 13.2 Å². The summed E-state index contributed by atoms with van der Waals surface area (Å²) in [7, 11) is 0. The average Bonchev–Trinajstić information content (AvgIpc) is 2.63. The molecule has 2 rings (SSSR count). The number of ether oxygens (including phenoxy) is 1. The molecule has 7 heteroatoms. The van der Waals surface area contributed by atoms with Gasteiger partial charge in [-0.15, -0.1) is 0 Å². The highest BCUT2D eigenvalue weighted by molar-refractivity contribution is 5.99. The van der Waals surface area contributed by atoms with Crippen molar-refractivity contribution >= 4 is 17.7 Å². The molecule has 0 unspecified atom stereocenters. The van der Waals surface area contributed by atoms with Crippen molar-refractivity contribution in [2.24, 2.45) is 0 Å². The number of amides is 1. The van der Waals surface area contributed by atoms with Crippen molar-refractivity contribution in [3.63, 3.8) is 0 Å². The zero-order chi connectivity index (χ0) is 19.8. The van der Waals surface area contributed by atoms with Crippen LogP contribution in [0.25, 0.3) is 0 Å². The Morgan fingerprint density at radius 1 is 1.04 bits per heavy atom. The van der Waals surface area contributed by atoms with Gasteiger partial charge in [0.15, 0.2) is 12.4 Å². The summed E-state index contributed by atoms with van der Waals surface area (Å²) in [5.74, 6) is -3.40. The molecule has 0 fully saturated rings. The minimum Gasteiger partial charge on any atom is -0.454 e. The van der Waals surface area contributed by atoms with Gasteiger partial charge in [0.05, 0.1) is 5.56 Å². The van der Waals surface area contributed by atoms with E-state index in [0.29, 0.717) is 18.2 Å². The van der Waals surface area contributed by atoms with Gasteiger partial charge in [-0.1, -0.05) is 24.3 Å². The Kier molecular flexibility index (Phi) is 7.16. The van der Waals surface area contributed by atoms with Gasteiger partial charge in [0.2, 0.25) is 5.91 Å². The molecule has 0 heterocycles. The Hall–Kier alpha value is -3.09. The van der Waals surface area contributed by atoms with Crippen LogP contribution in [0.15, 0.2) is 42.5 Å². The van der Waals surface area contributed by atoms with Crippen molar-refractivity contribution in [1.29, 1.82) is 0 Å². The maximum Gasteiger partial charge on any atom is 0.341 e. The molecule has 0 aromatic heterocycles. The van der Waals surface area contributed by atoms with Crippen molar-refractivity contribution in [2.45, 2.75) is 19.8 Å². The number of Topliss-reactive ketones (excluding diaryl/α,β-unsaturated/α-hetero) is 1. The monoisotopic (exact) mass is 375 g/mol. The van der Waals surface area contributed by atoms with Crippen LogP contribution in [0, 0.1) is 11.6 Å². The Balaban J connectivity index is 1.85. The number of esters is 1. The number of aryl methyl sites for hydroxylation is 1. The van der Waals surface area contributed by atoms with Crippen LogP contribution in [0.4, 0.5) is 8.78 Å². The molecule has 0 aliphatic heterocycles. The smallest absolute Gasteiger partial charge is 0.341 e. The van der Waals surface area contributed by atoms with Crippen LogP contribution in [0.2, 0.25) is 0 Å². The molecule has 0 saturated carbocycles. The standard InChI is InChI=1S/C20H19F2NO4/c1-13(24)23-10-2-3-14-4-6-15(7-5-14)19(25)12-27-20(26)17-9-8-16(21)11-18(17)22/h4-9,11H,2-3,10,12H2,1H3,(H,23,24). The fourth-order valence-electron chi connectivity index (χ4n) is 2.36. The van der Waals surface area contributed by atoms with Gasteiger partial charge in [0.25, 0.3) is 0 Å². The maximum absolute atomic E-state index is 13.5. The lowest BCUT2D eigenvalue weighted by Crippen LogP contribution is -2.21. The van der Waals surface area contributed by atoms with Gasteiger partial charge in [0, 0.05) is 25.1 Å². The zero-order valence-electron chi connectivity index (χ0n) is 14.8. The molecule has 0 aliphatic rings. The highest BCUT2D eigenvalue weighted by atomic mass is 19.1. The molecule has 142 valence electrons. The molecule has 0 saturated heterocycles. The molecule has 5 nitrogen and oxygen atoms in total. The summed E-state index contributed by atoms with van der Waals surface area (Å²) in [6, 6.07) is 9.26. The molecule has 2 aromatic carbocycles. The normalized spacial score (nSPS) is 10.3. The Bertz CT molecular complexity index is 834. The number of ketones is 1. The Labute approximate surface area is 155 Å². The third-order valence-corrected chi connectivity index (χ3v) is 3.78. The fraction of sp³-hybridized carbons (Fsp3) is 0.250. The minimum absolute atomic E-state index is 0.0778. The van der Waals surface area contributed by atoms with Crippen LogP contribution >= 0.6 is 0 Å². The molecule has 0 aliphatic carbocycles. The van der Waals surface area contributed by atoms with Gasteiger partial charge in [-0.3, -0.25) is 9.59 Å². The van der Waals surface area contributed by atoms with Crippen LogP contribution in [0.3, 0.4) is 0 Å². The first-order valence-corrected chi connectivity index (χ1v) is 8.35. The second-order valence-electron chi connectivity index (χ2n) is 5.91. The van der Waals surface area contributed by atoms with Gasteiger partial charge in [-0.05, 0) is 30.5 Å². The van der Waals surface area contributed by atoms with Gasteiger partial charge < -0.3 is 10.1 Å². The molecule has 0 radical (unpaired) electrons. The van der Waals surface area contributed by atoms with Crippen LogP contribution in [0.5, 0.6) is 0 Å². The van der Waals surface area contributed by atoms with Gasteiger partial charge in [-0.25, -0.2) is 13.6 Å². The van der Waals surface area contributed by atoms with Crippen LogP contribution in [-0.4, -0.2) is 30.8 Å². The number of hydrogen-bond acceptors (Lipinski definition) is 4. The number of halogens is 2. The summed E-state index contributed by atoms with van der Waals surface area (Å²) in [6.07, 6.45) is 1.52. The quantitative estimate of drug-likeness (QED) is 0.437. The summed E-state index contributed by atoms with van der Waals surface area (Å²) in [5, 5.41) is 2.70. The molecular weight excluding hydrogens is 356 g/mol. The first-order valence-electron chi connectivity index (χ1n) is 8.35. The molecule has 1 N–H and O–H groups in total. The summed E-state index contributed by atoms with van der Waals surface area (Å²) < 4.78 is 31.2. The van der Waals surface area contributed by atoms with Crippen molar-refractivity contribution in [1.82, 2.24) is 5.32 Å². The first-order chi connectivity index (χ1) is 12.9. The van der Waals surface area contributed by atoms with Crippen molar-refractivity contribution in [3.8, 4) is 0 Å². The molecule has 0 spiro atoms. The second-order valence-corrected chi connectivity index (χ2v) is 5.91. The second kappa shape index (κ2) is 9.56. The van der Waals surface area contributed by atoms with E-state index >= 15 is 0 Å². The number of nitrogens with one attached hydrogen (secondary N) is 1. The minimum atomic E-state index is -1.05. The lowest BCUT2D eigenvalue weighted by molar-refractivity contribution is -0.118. The highest BCUT2D eigenvalue weighted by Gasteiger charge is 2.16. The molecule has 2 aromatic rings. The van der Waals surface area contributed by atoms with Crippen LogP contribution < -0.4 is 5.32 Å². The van der Waals surface area contributed by atoms with E-state index in [1.807, 2.05) is 0 Å². The summed E-state index contributed by atoms with van der Waals surface area (Å²) >= 11 is 0. The first kappa shape index (κ1) is 20.2. The van der Waals surface area contributed by atoms with Crippen LogP contribution in [0.1, 0.15) is 39.6 Å². The lowest BCUT2D eigenvalue weighted by Gasteiger charge is -2.07. The van der Waals surface area contributed by atoms with Crippen molar-refractivity contribution < 1.29 is 27.9 Å². The van der Waals surface area contributed by atoms with E-state index in [1.165, 1.54) is 6.92 Å². The molecule has 0 atom stereocenters. The molecule has 1 amide bonds. The number of carbonyl (C=O) groups excluding carboxylic acids is 3. The fourth-order valence-corrected chi connectivity index (χ4v) is 2.36. The zero-order valence-corrected chi connectivity index (χ0v) is 14.8. The van der Waals surface area contributed by atoms with Gasteiger partial charge in [-0.2, -0.15) is 0 Å². The molecular formula is C20H19F2NO4. The van der Waals surface area contributed by atoms with Crippen LogP contribution in [-0.2, 0) is 16.0 Å². The Morgan fingerprint density at radius 2 is 1.74 bits per heavy atom. The average molecular weight is 375 g/mol. The molecule has 0 bridgehead atoms. The largest absolute Gasteiger partial charge is 0.454 e. The highest BCUT2D eigenvalue weighted by Crippen LogP contribution is 2.12. The van der Waals surface area contributed by atoms with E-state index < -0.39 is 35.6 Å². The Morgan fingerprint density at radius 3 is 2.37 bits per heavy atom. The predicted octanol–water partition coefficient (Wildman–Crippen LogP) is 3.07. The van der Waals surface area contributed by atoms with E-state index in [1.54, 1.807) is 24.3 Å². The SMILES string of the molecule is CC(=O)NCCCc1ccc(C(=O)COC(=O)c2ccc(F)cc2F)cc1. The van der Waals surface area contributed by atoms with Crippen molar-refractivity contribution in [3.05, 3.63) is 70.8 Å².